The van der Waals surface area contributed by atoms with E-state index in [2.05, 4.69) is 32.1 Å². The Balaban J connectivity index is 1.77. The third-order valence-corrected chi connectivity index (χ3v) is 5.53. The van der Waals surface area contributed by atoms with E-state index >= 15 is 0 Å². The van der Waals surface area contributed by atoms with Crippen molar-refractivity contribution in [2.75, 3.05) is 11.9 Å². The van der Waals surface area contributed by atoms with Gasteiger partial charge in [-0.2, -0.15) is 10.2 Å². The number of hydrogen-bond acceptors (Lipinski definition) is 7. The number of H-pyrrole nitrogens is 1. The summed E-state index contributed by atoms with van der Waals surface area (Å²) in [6, 6.07) is 11.7. The molecule has 0 radical (unpaired) electrons. The number of hydroxylamine groups is 1. The van der Waals surface area contributed by atoms with Gasteiger partial charge in [-0.05, 0) is 42.7 Å². The maximum Gasteiger partial charge on any atom is 0.290 e. The largest absolute Gasteiger partial charge is 0.365 e. The normalized spacial score (nSPS) is 12.0. The second kappa shape index (κ2) is 9.17. The van der Waals surface area contributed by atoms with Crippen molar-refractivity contribution in [3.05, 3.63) is 79.7 Å². The van der Waals surface area contributed by atoms with Gasteiger partial charge in [-0.25, -0.2) is 10.5 Å². The summed E-state index contributed by atoms with van der Waals surface area (Å²) >= 11 is 0. The number of aryl methyl sites for hydroxylation is 1. The summed E-state index contributed by atoms with van der Waals surface area (Å²) in [5.41, 5.74) is 6.22. The van der Waals surface area contributed by atoms with E-state index in [-0.39, 0.29) is 17.8 Å². The lowest BCUT2D eigenvalue weighted by molar-refractivity contribution is -0.128. The molecule has 0 atom stereocenters. The number of hydrogen-bond donors (Lipinski definition) is 4. The number of aromatic amines is 1. The van der Waals surface area contributed by atoms with Crippen LogP contribution in [-0.2, 0) is 17.6 Å². The predicted octanol–water partition coefficient (Wildman–Crippen LogP) is 1.22. The van der Waals surface area contributed by atoms with Gasteiger partial charge in [0.05, 0.1) is 23.2 Å². The highest BCUT2D eigenvalue weighted by Crippen LogP contribution is 2.22. The monoisotopic (exact) mass is 444 g/mol. The van der Waals surface area contributed by atoms with Crippen molar-refractivity contribution in [2.24, 2.45) is 10.2 Å². The zero-order valence-corrected chi connectivity index (χ0v) is 18.4. The number of benzene rings is 2. The molecule has 1 amide bonds. The first kappa shape index (κ1) is 22.1. The fourth-order valence-electron chi connectivity index (χ4n) is 3.89. The molecule has 0 saturated carbocycles. The molecule has 4 rings (SSSR count). The summed E-state index contributed by atoms with van der Waals surface area (Å²) < 4.78 is 0. The highest BCUT2D eigenvalue weighted by atomic mass is 16.5. The number of anilines is 1. The first-order valence-electron chi connectivity index (χ1n) is 10.5. The Morgan fingerprint density at radius 1 is 1.15 bits per heavy atom. The summed E-state index contributed by atoms with van der Waals surface area (Å²) in [6.07, 6.45) is 0.645. The molecule has 0 spiro atoms. The molecule has 3 aromatic rings. The number of nitrogens with zero attached hydrogens (tertiary/aromatic N) is 3. The Labute approximate surface area is 189 Å². The number of aromatic nitrogens is 2. The molecular formula is C24H24N6O3. The molecule has 2 aromatic carbocycles. The van der Waals surface area contributed by atoms with Gasteiger partial charge >= 0.3 is 0 Å². The minimum atomic E-state index is -0.573. The molecule has 168 valence electrons. The zero-order chi connectivity index (χ0) is 23.5. The second-order valence-electron chi connectivity index (χ2n) is 7.83. The van der Waals surface area contributed by atoms with E-state index in [4.69, 9.17) is 5.21 Å². The van der Waals surface area contributed by atoms with E-state index in [9.17, 15) is 9.59 Å². The van der Waals surface area contributed by atoms with Gasteiger partial charge in [-0.1, -0.05) is 36.9 Å². The molecule has 1 aromatic heterocycles. The zero-order valence-electron chi connectivity index (χ0n) is 18.4. The van der Waals surface area contributed by atoms with Crippen molar-refractivity contribution >= 4 is 24.0 Å². The molecule has 0 bridgehead atoms. The second-order valence-corrected chi connectivity index (χ2v) is 7.83. The number of fused-ring (bicyclic) bond motifs is 1. The Morgan fingerprint density at radius 3 is 2.64 bits per heavy atom. The third-order valence-electron chi connectivity index (χ3n) is 5.53. The maximum absolute atomic E-state index is 12.6. The molecule has 9 heteroatoms. The lowest BCUT2D eigenvalue weighted by Crippen LogP contribution is -2.29. The van der Waals surface area contributed by atoms with Crippen LogP contribution in [0.1, 0.15) is 29.3 Å². The van der Waals surface area contributed by atoms with Crippen LogP contribution in [0.25, 0.3) is 17.8 Å². The topological polar surface area (TPSA) is 132 Å². The van der Waals surface area contributed by atoms with Gasteiger partial charge in [0.2, 0.25) is 5.91 Å². The van der Waals surface area contributed by atoms with Gasteiger partial charge in [-0.3, -0.25) is 14.8 Å². The van der Waals surface area contributed by atoms with Crippen LogP contribution in [0.5, 0.6) is 0 Å². The summed E-state index contributed by atoms with van der Waals surface area (Å²) in [4.78, 5) is 31.9. The summed E-state index contributed by atoms with van der Waals surface area (Å²) in [5.74, 6) is -0.376. The molecule has 33 heavy (non-hydrogen) atoms. The van der Waals surface area contributed by atoms with Crippen LogP contribution >= 0.6 is 0 Å². The molecule has 9 nitrogen and oxygen atoms in total. The molecule has 0 fully saturated rings. The fourth-order valence-corrected chi connectivity index (χ4v) is 3.89. The number of amides is 1. The van der Waals surface area contributed by atoms with Gasteiger partial charge < -0.3 is 10.3 Å². The number of rotatable bonds is 7. The average Bonchev–Trinajstić information content (AvgIpc) is 3.17. The predicted molar refractivity (Wildman–Crippen MR) is 126 cm³/mol. The van der Waals surface area contributed by atoms with E-state index in [1.165, 1.54) is 0 Å². The van der Waals surface area contributed by atoms with Crippen molar-refractivity contribution in [2.45, 2.75) is 26.7 Å². The van der Waals surface area contributed by atoms with Gasteiger partial charge in [-0.15, -0.1) is 0 Å². The van der Waals surface area contributed by atoms with E-state index in [0.29, 0.717) is 45.3 Å². The fraction of sp³-hybridized carbons (Fsp3) is 0.208. The highest BCUT2D eigenvalue weighted by molar-refractivity contribution is 6.05. The number of nitrogens with one attached hydrogen (secondary N) is 3. The Kier molecular flexibility index (Phi) is 6.14. The van der Waals surface area contributed by atoms with Crippen LogP contribution in [0.4, 0.5) is 5.82 Å². The van der Waals surface area contributed by atoms with Gasteiger partial charge in [0.1, 0.15) is 0 Å². The molecule has 2 heterocycles. The Morgan fingerprint density at radius 2 is 1.91 bits per heavy atom. The molecular weight excluding hydrogens is 420 g/mol. The summed E-state index contributed by atoms with van der Waals surface area (Å²) in [7, 11) is 0. The van der Waals surface area contributed by atoms with Crippen molar-refractivity contribution in [1.82, 2.24) is 15.4 Å². The quantitative estimate of drug-likeness (QED) is 0.321. The minimum Gasteiger partial charge on any atom is -0.365 e. The lowest BCUT2D eigenvalue weighted by atomic mass is 9.93. The number of carbonyl (C=O) groups is 1. The van der Waals surface area contributed by atoms with E-state index in [1.54, 1.807) is 18.5 Å². The molecule has 0 aliphatic carbocycles. The molecule has 1 aliphatic heterocycles. The van der Waals surface area contributed by atoms with Gasteiger partial charge in [0.15, 0.2) is 5.82 Å². The smallest absolute Gasteiger partial charge is 0.290 e. The summed E-state index contributed by atoms with van der Waals surface area (Å²) in [6.45, 7) is 8.30. The van der Waals surface area contributed by atoms with Gasteiger partial charge in [0, 0.05) is 23.4 Å². The van der Waals surface area contributed by atoms with Crippen LogP contribution in [0.3, 0.4) is 0 Å². The van der Waals surface area contributed by atoms with Crippen molar-refractivity contribution in [3.8, 4) is 11.3 Å². The van der Waals surface area contributed by atoms with E-state index in [1.807, 2.05) is 37.3 Å². The molecule has 1 aliphatic rings. The number of carbonyl (C=O) groups excluding carboxylic acids is 1. The average molecular weight is 444 g/mol. The summed E-state index contributed by atoms with van der Waals surface area (Å²) in [5, 5.41) is 21.6. The van der Waals surface area contributed by atoms with Crippen molar-refractivity contribution in [1.29, 1.82) is 0 Å². The van der Waals surface area contributed by atoms with Gasteiger partial charge in [0.25, 0.3) is 5.56 Å². The van der Waals surface area contributed by atoms with E-state index < -0.39 is 5.91 Å². The first-order valence-corrected chi connectivity index (χ1v) is 10.5. The lowest BCUT2D eigenvalue weighted by Gasteiger charge is -2.14. The Hall–Kier alpha value is -4.11. The van der Waals surface area contributed by atoms with Crippen LogP contribution in [0, 0.1) is 6.92 Å². The molecule has 4 N–H and O–H groups in total. The van der Waals surface area contributed by atoms with Crippen molar-refractivity contribution < 1.29 is 10.0 Å². The van der Waals surface area contributed by atoms with Crippen LogP contribution in [0.2, 0.25) is 0 Å². The maximum atomic E-state index is 12.6. The molecule has 0 unspecified atom stereocenters. The minimum absolute atomic E-state index is 0.0885. The van der Waals surface area contributed by atoms with E-state index in [0.717, 1.165) is 17.5 Å². The highest BCUT2D eigenvalue weighted by Gasteiger charge is 2.22. The molecule has 0 saturated heterocycles. The van der Waals surface area contributed by atoms with Crippen LogP contribution < -0.4 is 26.9 Å². The standard InChI is InChI=1S/C24H24N6O3/c1-13-17(12-19(31)30-33)11-18-21(14(2)28-29-18)20(13)22-15(3)26-24(32)23(27-22)25-10-9-16-7-5-4-6-8-16/h4-8,11,33H,1,9-10,12H2,2-3H3,(H,25,27)(H,26,32)(H,30,31). The first-order chi connectivity index (χ1) is 15.9. The third kappa shape index (κ3) is 4.44. The Bertz CT molecular complexity index is 1430. The van der Waals surface area contributed by atoms with Crippen LogP contribution in [-0.4, -0.2) is 33.3 Å². The van der Waals surface area contributed by atoms with Crippen LogP contribution in [0.15, 0.2) is 51.4 Å². The SMILES string of the molecule is C=c1c(CC(=O)NO)cc2c(c1-c1nc(NCCc3ccccc3)c(=O)[nH]c1C)C(C)=NN=2. The van der Waals surface area contributed by atoms with Crippen molar-refractivity contribution in [3.63, 3.8) is 0 Å².